The third-order valence-electron chi connectivity index (χ3n) is 2.44. The average molecular weight is 323 g/mol. The standard InChI is InChI=1S/C13H11BrN2O3/c1-7-2-9(14)6-15-12(7)16-13(19)8-3-10(17)5-11(18)4-8/h2-6,17-18H,1H3,(H,15,16,19). The van der Waals surface area contributed by atoms with Gasteiger partial charge in [-0.1, -0.05) is 0 Å². The maximum Gasteiger partial charge on any atom is 0.257 e. The molecule has 2 rings (SSSR count). The first-order chi connectivity index (χ1) is 8.95. The van der Waals surface area contributed by atoms with Gasteiger partial charge in [-0.15, -0.1) is 0 Å². The Kier molecular flexibility index (Phi) is 3.71. The number of carbonyl (C=O) groups is 1. The van der Waals surface area contributed by atoms with Gasteiger partial charge in [-0.05, 0) is 46.6 Å². The second kappa shape index (κ2) is 5.27. The molecule has 0 saturated carbocycles. The van der Waals surface area contributed by atoms with Gasteiger partial charge in [-0.2, -0.15) is 0 Å². The van der Waals surface area contributed by atoms with Gasteiger partial charge in [0.25, 0.3) is 5.91 Å². The Morgan fingerprint density at radius 1 is 1.21 bits per heavy atom. The van der Waals surface area contributed by atoms with Gasteiger partial charge >= 0.3 is 0 Å². The molecule has 5 nitrogen and oxygen atoms in total. The number of anilines is 1. The third-order valence-corrected chi connectivity index (χ3v) is 2.88. The molecule has 0 saturated heterocycles. The molecule has 1 aromatic carbocycles. The minimum absolute atomic E-state index is 0.154. The van der Waals surface area contributed by atoms with Gasteiger partial charge in [-0.25, -0.2) is 4.98 Å². The Morgan fingerprint density at radius 2 is 1.84 bits per heavy atom. The van der Waals surface area contributed by atoms with Gasteiger partial charge in [-0.3, -0.25) is 4.79 Å². The summed E-state index contributed by atoms with van der Waals surface area (Å²) in [6.07, 6.45) is 1.57. The van der Waals surface area contributed by atoms with Crippen LogP contribution in [0.25, 0.3) is 0 Å². The average Bonchev–Trinajstić information content (AvgIpc) is 2.31. The molecular weight excluding hydrogens is 312 g/mol. The summed E-state index contributed by atoms with van der Waals surface area (Å²) in [6.45, 7) is 1.81. The number of pyridine rings is 1. The summed E-state index contributed by atoms with van der Waals surface area (Å²) >= 11 is 3.29. The molecule has 0 bridgehead atoms. The van der Waals surface area contributed by atoms with Crippen LogP contribution in [0.3, 0.4) is 0 Å². The van der Waals surface area contributed by atoms with Gasteiger partial charge in [0.05, 0.1) is 0 Å². The second-order valence-corrected chi connectivity index (χ2v) is 4.93. The first kappa shape index (κ1) is 13.4. The van der Waals surface area contributed by atoms with E-state index in [-0.39, 0.29) is 17.1 Å². The first-order valence-corrected chi connectivity index (χ1v) is 6.21. The van der Waals surface area contributed by atoms with E-state index in [9.17, 15) is 15.0 Å². The fourth-order valence-electron chi connectivity index (χ4n) is 1.58. The summed E-state index contributed by atoms with van der Waals surface area (Å²) in [5.41, 5.74) is 0.953. The van der Waals surface area contributed by atoms with Crippen molar-refractivity contribution in [2.45, 2.75) is 6.92 Å². The Bertz CT molecular complexity index is 624. The number of amides is 1. The monoisotopic (exact) mass is 322 g/mol. The number of nitrogens with one attached hydrogen (secondary N) is 1. The van der Waals surface area contributed by atoms with Gasteiger partial charge < -0.3 is 15.5 Å². The topological polar surface area (TPSA) is 82.5 Å². The van der Waals surface area contributed by atoms with E-state index < -0.39 is 5.91 Å². The van der Waals surface area contributed by atoms with Gasteiger partial charge in [0, 0.05) is 22.3 Å². The summed E-state index contributed by atoms with van der Waals surface area (Å²) in [6, 6.07) is 5.51. The molecule has 0 fully saturated rings. The summed E-state index contributed by atoms with van der Waals surface area (Å²) < 4.78 is 0.818. The molecule has 2 aromatic rings. The number of halogens is 1. The Balaban J connectivity index is 2.25. The number of aryl methyl sites for hydroxylation is 1. The smallest absolute Gasteiger partial charge is 0.257 e. The number of rotatable bonds is 2. The molecule has 0 spiro atoms. The van der Waals surface area contributed by atoms with E-state index in [4.69, 9.17) is 0 Å². The quantitative estimate of drug-likeness (QED) is 0.794. The molecule has 0 aliphatic carbocycles. The van der Waals surface area contributed by atoms with Gasteiger partial charge in [0.2, 0.25) is 0 Å². The molecule has 3 N–H and O–H groups in total. The van der Waals surface area contributed by atoms with Crippen molar-refractivity contribution in [3.05, 3.63) is 46.1 Å². The lowest BCUT2D eigenvalue weighted by atomic mass is 10.2. The van der Waals surface area contributed by atoms with E-state index in [0.717, 1.165) is 16.1 Å². The highest BCUT2D eigenvalue weighted by atomic mass is 79.9. The van der Waals surface area contributed by atoms with Crippen LogP contribution in [0.15, 0.2) is 34.9 Å². The Hall–Kier alpha value is -2.08. The highest BCUT2D eigenvalue weighted by molar-refractivity contribution is 9.10. The predicted molar refractivity (Wildman–Crippen MR) is 74.4 cm³/mol. The van der Waals surface area contributed by atoms with E-state index in [1.54, 1.807) is 6.20 Å². The van der Waals surface area contributed by atoms with Crippen LogP contribution >= 0.6 is 15.9 Å². The third kappa shape index (κ3) is 3.23. The van der Waals surface area contributed by atoms with Gasteiger partial charge in [0.1, 0.15) is 17.3 Å². The SMILES string of the molecule is Cc1cc(Br)cnc1NC(=O)c1cc(O)cc(O)c1. The number of aromatic hydroxyl groups is 2. The van der Waals surface area contributed by atoms with Crippen molar-refractivity contribution < 1.29 is 15.0 Å². The van der Waals surface area contributed by atoms with E-state index in [1.165, 1.54) is 12.1 Å². The van der Waals surface area contributed by atoms with Crippen LogP contribution in [-0.4, -0.2) is 21.1 Å². The highest BCUT2D eigenvalue weighted by Crippen LogP contribution is 2.22. The van der Waals surface area contributed by atoms with Crippen LogP contribution in [0.5, 0.6) is 11.5 Å². The molecule has 0 radical (unpaired) electrons. The van der Waals surface area contributed by atoms with E-state index in [0.29, 0.717) is 5.82 Å². The second-order valence-electron chi connectivity index (χ2n) is 4.01. The molecule has 6 heteroatoms. The molecule has 1 aromatic heterocycles. The Labute approximate surface area is 118 Å². The number of phenols is 2. The van der Waals surface area contributed by atoms with E-state index in [1.807, 2.05) is 13.0 Å². The molecule has 0 unspecified atom stereocenters. The minimum atomic E-state index is -0.455. The van der Waals surface area contributed by atoms with Crippen LogP contribution in [0.1, 0.15) is 15.9 Å². The fourth-order valence-corrected chi connectivity index (χ4v) is 2.02. The number of carbonyl (C=O) groups excluding carboxylic acids is 1. The van der Waals surface area contributed by atoms with Crippen LogP contribution in [0, 0.1) is 6.92 Å². The molecule has 98 valence electrons. The van der Waals surface area contributed by atoms with Crippen molar-refractivity contribution in [2.75, 3.05) is 5.32 Å². The minimum Gasteiger partial charge on any atom is -0.508 e. The molecule has 19 heavy (non-hydrogen) atoms. The lowest BCUT2D eigenvalue weighted by Gasteiger charge is -2.08. The summed E-state index contributed by atoms with van der Waals surface area (Å²) in [7, 11) is 0. The zero-order valence-electron chi connectivity index (χ0n) is 10.0. The van der Waals surface area contributed by atoms with Crippen molar-refractivity contribution in [2.24, 2.45) is 0 Å². The predicted octanol–water partition coefficient (Wildman–Crippen LogP) is 2.82. The van der Waals surface area contributed by atoms with Crippen molar-refractivity contribution in [1.29, 1.82) is 0 Å². The van der Waals surface area contributed by atoms with Crippen LogP contribution < -0.4 is 5.32 Å². The van der Waals surface area contributed by atoms with E-state index in [2.05, 4.69) is 26.2 Å². The summed E-state index contributed by atoms with van der Waals surface area (Å²) in [4.78, 5) is 16.1. The lowest BCUT2D eigenvalue weighted by molar-refractivity contribution is 0.102. The highest BCUT2D eigenvalue weighted by Gasteiger charge is 2.11. The maximum atomic E-state index is 12.0. The van der Waals surface area contributed by atoms with Gasteiger partial charge in [0.15, 0.2) is 0 Å². The van der Waals surface area contributed by atoms with Crippen molar-refractivity contribution in [3.63, 3.8) is 0 Å². The van der Waals surface area contributed by atoms with Crippen LogP contribution in [0.4, 0.5) is 5.82 Å². The number of aromatic nitrogens is 1. The molecular formula is C13H11BrN2O3. The zero-order chi connectivity index (χ0) is 14.0. The summed E-state index contributed by atoms with van der Waals surface area (Å²) in [5, 5.41) is 21.3. The van der Waals surface area contributed by atoms with Crippen molar-refractivity contribution >= 4 is 27.7 Å². The number of nitrogens with zero attached hydrogens (tertiary/aromatic N) is 1. The Morgan fingerprint density at radius 3 is 2.42 bits per heavy atom. The van der Waals surface area contributed by atoms with Crippen molar-refractivity contribution in [3.8, 4) is 11.5 Å². The van der Waals surface area contributed by atoms with E-state index >= 15 is 0 Å². The van der Waals surface area contributed by atoms with Crippen LogP contribution in [0.2, 0.25) is 0 Å². The molecule has 0 aliphatic rings. The lowest BCUT2D eigenvalue weighted by Crippen LogP contribution is -2.13. The zero-order valence-corrected chi connectivity index (χ0v) is 11.6. The number of hydrogen-bond acceptors (Lipinski definition) is 4. The number of phenolic OH excluding ortho intramolecular Hbond substituents is 2. The number of hydrogen-bond donors (Lipinski definition) is 3. The van der Waals surface area contributed by atoms with Crippen molar-refractivity contribution in [1.82, 2.24) is 4.98 Å². The number of benzene rings is 1. The fraction of sp³-hybridized carbons (Fsp3) is 0.0769. The van der Waals surface area contributed by atoms with Crippen LogP contribution in [-0.2, 0) is 0 Å². The largest absolute Gasteiger partial charge is 0.508 e. The maximum absolute atomic E-state index is 12.0. The molecule has 0 aliphatic heterocycles. The molecule has 1 amide bonds. The first-order valence-electron chi connectivity index (χ1n) is 5.42. The summed E-state index contributed by atoms with van der Waals surface area (Å²) in [5.74, 6) is -0.378. The normalized spacial score (nSPS) is 10.2. The molecule has 0 atom stereocenters. The molecule has 1 heterocycles.